The molecule has 1 aliphatic heterocycles. The summed E-state index contributed by atoms with van der Waals surface area (Å²) in [6.07, 6.45) is 1.65. The number of nitrogens with two attached hydrogens (primary N) is 1. The van der Waals surface area contributed by atoms with Crippen LogP contribution in [0.3, 0.4) is 0 Å². The van der Waals surface area contributed by atoms with E-state index >= 15 is 4.39 Å². The highest BCUT2D eigenvalue weighted by Gasteiger charge is 2.40. The lowest BCUT2D eigenvalue weighted by atomic mass is 10.0. The molecule has 6 rings (SSSR count). The summed E-state index contributed by atoms with van der Waals surface area (Å²) in [5.41, 5.74) is 8.53. The molecule has 3 heterocycles. The summed E-state index contributed by atoms with van der Waals surface area (Å²) in [4.78, 5) is 36.5. The number of carbonyl (C=O) groups excluding carboxylic acids is 2. The monoisotopic (exact) mass is 644 g/mol. The van der Waals surface area contributed by atoms with Gasteiger partial charge in [-0.2, -0.15) is 5.10 Å². The molecule has 1 aliphatic rings. The summed E-state index contributed by atoms with van der Waals surface area (Å²) < 4.78 is 31.6. The van der Waals surface area contributed by atoms with E-state index in [0.717, 1.165) is 16.0 Å². The fraction of sp³-hybridized carbons (Fsp3) is 0.212. The summed E-state index contributed by atoms with van der Waals surface area (Å²) in [6, 6.07) is 15.4. The van der Waals surface area contributed by atoms with Gasteiger partial charge in [0.1, 0.15) is 36.1 Å². The molecule has 2 aromatic heterocycles. The number of alkyl halides is 1. The number of hydrogen-bond donors (Lipinski definition) is 3. The predicted octanol–water partition coefficient (Wildman–Crippen LogP) is 5.76. The van der Waals surface area contributed by atoms with Crippen molar-refractivity contribution in [1.29, 1.82) is 5.41 Å². The van der Waals surface area contributed by atoms with Crippen LogP contribution < -0.4 is 11.1 Å². The van der Waals surface area contributed by atoms with Crippen molar-refractivity contribution in [2.75, 3.05) is 11.9 Å². The number of aryl methyl sites for hydroxylation is 1. The van der Waals surface area contributed by atoms with Gasteiger partial charge >= 0.3 is 0 Å². The quantitative estimate of drug-likeness (QED) is 0.152. The molecule has 2 amide bonds. The molecule has 4 N–H and O–H groups in total. The zero-order chi connectivity index (χ0) is 31.8. The summed E-state index contributed by atoms with van der Waals surface area (Å²) in [5.74, 6) is -1.68. The molecule has 0 spiro atoms. The molecule has 46 heavy (non-hydrogen) atoms. The standard InChI is InChI=1S/C32H27ClF2N8O2.CH4/c1-17-38-13-19(14-39-17)18-9-10-26-23(11-18)30(31(36)37)41-43(26)16-28(44)42-15-20(34)12-27(42)32(45)40-25-8-4-6-22(29(25)35)21-5-2-3-7-24(21)33;/h2-11,13-14,20,27H,12,15-16H2,1H3,(H3,36,37)(H,40,45);1H4/t20-,27+;/m1./s1. The van der Waals surface area contributed by atoms with Gasteiger partial charge in [0, 0.05) is 45.9 Å². The van der Waals surface area contributed by atoms with Gasteiger partial charge in [0.2, 0.25) is 11.8 Å². The highest BCUT2D eigenvalue weighted by Crippen LogP contribution is 2.33. The average molecular weight is 645 g/mol. The van der Waals surface area contributed by atoms with Crippen LogP contribution in [-0.4, -0.2) is 61.1 Å². The molecule has 3 aromatic carbocycles. The van der Waals surface area contributed by atoms with Crippen molar-refractivity contribution in [3.8, 4) is 22.3 Å². The molecule has 0 radical (unpaired) electrons. The normalized spacial score (nSPS) is 15.9. The SMILES string of the molecule is C.Cc1ncc(-c2ccc3c(c2)c(C(=N)N)nn3CC(=O)N2C[C@H](F)C[C@H]2C(=O)Nc2cccc(-c3ccccc3Cl)c2F)cn1. The minimum absolute atomic E-state index is 0. The van der Waals surface area contributed by atoms with E-state index in [1.165, 1.54) is 16.8 Å². The number of aromatic nitrogens is 4. The van der Waals surface area contributed by atoms with Crippen molar-refractivity contribution in [3.63, 3.8) is 0 Å². The zero-order valence-electron chi connectivity index (χ0n) is 24.0. The fourth-order valence-corrected chi connectivity index (χ4v) is 5.72. The van der Waals surface area contributed by atoms with Crippen LogP contribution >= 0.6 is 11.6 Å². The first-order chi connectivity index (χ1) is 21.6. The number of rotatable bonds is 7. The van der Waals surface area contributed by atoms with E-state index in [0.29, 0.717) is 27.3 Å². The highest BCUT2D eigenvalue weighted by molar-refractivity contribution is 6.33. The predicted molar refractivity (Wildman–Crippen MR) is 174 cm³/mol. The molecule has 0 aliphatic carbocycles. The van der Waals surface area contributed by atoms with Crippen molar-refractivity contribution in [2.45, 2.75) is 39.5 Å². The number of likely N-dealkylation sites (tertiary alicyclic amines) is 1. The topological polar surface area (TPSA) is 143 Å². The van der Waals surface area contributed by atoms with Gasteiger partial charge < -0.3 is 16.0 Å². The van der Waals surface area contributed by atoms with Crippen LogP contribution in [0.5, 0.6) is 0 Å². The Morgan fingerprint density at radius 3 is 2.50 bits per heavy atom. The Bertz CT molecular complexity index is 1960. The molecule has 1 saturated heterocycles. The lowest BCUT2D eigenvalue weighted by molar-refractivity contribution is -0.137. The van der Waals surface area contributed by atoms with Gasteiger partial charge in [-0.1, -0.05) is 55.4 Å². The molecule has 2 atom stereocenters. The van der Waals surface area contributed by atoms with Crippen LogP contribution in [0.4, 0.5) is 14.5 Å². The van der Waals surface area contributed by atoms with Gasteiger partial charge in [-0.3, -0.25) is 19.7 Å². The minimum atomic E-state index is -1.45. The third-order valence-electron chi connectivity index (χ3n) is 7.70. The van der Waals surface area contributed by atoms with Crippen LogP contribution in [0.2, 0.25) is 5.02 Å². The third-order valence-corrected chi connectivity index (χ3v) is 8.03. The number of hydrogen-bond acceptors (Lipinski definition) is 6. The maximum atomic E-state index is 15.5. The van der Waals surface area contributed by atoms with Crippen molar-refractivity contribution >= 4 is 45.8 Å². The molecule has 236 valence electrons. The molecule has 0 saturated carbocycles. The molecule has 0 bridgehead atoms. The molecule has 1 fully saturated rings. The van der Waals surface area contributed by atoms with Gasteiger partial charge in [-0.05, 0) is 36.8 Å². The van der Waals surface area contributed by atoms with E-state index < -0.39 is 29.8 Å². The number of nitrogens with one attached hydrogen (secondary N) is 2. The number of amidine groups is 1. The van der Waals surface area contributed by atoms with E-state index in [1.54, 1.807) is 67.8 Å². The maximum Gasteiger partial charge on any atom is 0.247 e. The van der Waals surface area contributed by atoms with Crippen LogP contribution in [0.15, 0.2) is 73.1 Å². The zero-order valence-corrected chi connectivity index (χ0v) is 24.7. The summed E-state index contributed by atoms with van der Waals surface area (Å²) in [6.45, 7) is 1.12. The number of anilines is 1. The lowest BCUT2D eigenvalue weighted by Gasteiger charge is -2.24. The first kappa shape index (κ1) is 32.2. The number of benzene rings is 3. The van der Waals surface area contributed by atoms with E-state index in [1.807, 2.05) is 0 Å². The number of carbonyl (C=O) groups is 2. The van der Waals surface area contributed by atoms with Crippen molar-refractivity contribution in [3.05, 3.63) is 95.4 Å². The number of fused-ring (bicyclic) bond motifs is 1. The molecule has 5 aromatic rings. The largest absolute Gasteiger partial charge is 0.382 e. The van der Waals surface area contributed by atoms with Gasteiger partial charge in [0.15, 0.2) is 5.82 Å². The van der Waals surface area contributed by atoms with E-state index in [-0.39, 0.29) is 49.7 Å². The second-order valence-electron chi connectivity index (χ2n) is 10.7. The molecular formula is C33H31ClF2N8O2. The number of nitrogens with zero attached hydrogens (tertiary/aromatic N) is 5. The van der Waals surface area contributed by atoms with Gasteiger partial charge in [-0.25, -0.2) is 18.7 Å². The Hall–Kier alpha value is -5.23. The fourth-order valence-electron chi connectivity index (χ4n) is 5.48. The second-order valence-corrected chi connectivity index (χ2v) is 11.1. The van der Waals surface area contributed by atoms with E-state index in [4.69, 9.17) is 22.7 Å². The molecule has 10 nitrogen and oxygen atoms in total. The third kappa shape index (κ3) is 6.16. The second kappa shape index (κ2) is 13.0. The Labute approximate surface area is 268 Å². The van der Waals surface area contributed by atoms with Crippen molar-refractivity contribution in [1.82, 2.24) is 24.6 Å². The summed E-state index contributed by atoms with van der Waals surface area (Å²) in [5, 5.41) is 15.8. The Balaban J connectivity index is 0.00000417. The maximum absolute atomic E-state index is 15.5. The van der Waals surface area contributed by atoms with Gasteiger partial charge in [0.25, 0.3) is 0 Å². The molecular weight excluding hydrogens is 614 g/mol. The van der Waals surface area contributed by atoms with Crippen LogP contribution in [-0.2, 0) is 16.1 Å². The van der Waals surface area contributed by atoms with Gasteiger partial charge in [-0.15, -0.1) is 0 Å². The smallest absolute Gasteiger partial charge is 0.247 e. The first-order valence-electron chi connectivity index (χ1n) is 14.0. The van der Waals surface area contributed by atoms with Crippen molar-refractivity contribution < 1.29 is 18.4 Å². The molecule has 0 unspecified atom stereocenters. The Kier molecular flexibility index (Phi) is 9.10. The Morgan fingerprint density at radius 2 is 1.78 bits per heavy atom. The Morgan fingerprint density at radius 1 is 1.07 bits per heavy atom. The number of nitrogen functional groups attached to an aromatic ring is 1. The first-order valence-corrected chi connectivity index (χ1v) is 14.4. The molecule has 13 heteroatoms. The lowest BCUT2D eigenvalue weighted by Crippen LogP contribution is -2.44. The minimum Gasteiger partial charge on any atom is -0.382 e. The number of halogens is 3. The summed E-state index contributed by atoms with van der Waals surface area (Å²) >= 11 is 6.25. The number of amides is 2. The van der Waals surface area contributed by atoms with Crippen LogP contribution in [0.1, 0.15) is 25.4 Å². The summed E-state index contributed by atoms with van der Waals surface area (Å²) in [7, 11) is 0. The van der Waals surface area contributed by atoms with Crippen molar-refractivity contribution in [2.24, 2.45) is 5.73 Å². The van der Waals surface area contributed by atoms with E-state index in [2.05, 4.69) is 20.4 Å². The highest BCUT2D eigenvalue weighted by atomic mass is 35.5. The average Bonchev–Trinajstić information content (AvgIpc) is 3.59. The van der Waals surface area contributed by atoms with Crippen LogP contribution in [0.25, 0.3) is 33.2 Å². The van der Waals surface area contributed by atoms with E-state index in [9.17, 15) is 14.0 Å². The van der Waals surface area contributed by atoms with Crippen LogP contribution in [0, 0.1) is 18.2 Å². The van der Waals surface area contributed by atoms with Gasteiger partial charge in [0.05, 0.1) is 17.7 Å².